The topological polar surface area (TPSA) is 69.4 Å². The number of nitro groups is 1. The van der Waals surface area contributed by atoms with E-state index in [-0.39, 0.29) is 17.6 Å². The highest BCUT2D eigenvalue weighted by Crippen LogP contribution is 2.59. The molecule has 0 radical (unpaired) electrons. The van der Waals surface area contributed by atoms with Crippen LogP contribution in [0.4, 0.5) is 5.69 Å². The van der Waals surface area contributed by atoms with Crippen molar-refractivity contribution in [2.24, 2.45) is 5.92 Å². The summed E-state index contributed by atoms with van der Waals surface area (Å²) in [5.41, 5.74) is 0.165. The maximum Gasteiger partial charge on any atom is 0.317 e. The van der Waals surface area contributed by atoms with Gasteiger partial charge in [-0.1, -0.05) is 12.1 Å². The van der Waals surface area contributed by atoms with E-state index in [1.807, 2.05) is 0 Å². The molecule has 2 fully saturated rings. The molecule has 1 saturated carbocycles. The Balaban J connectivity index is 2.05. The maximum absolute atomic E-state index is 11.6. The number of esters is 1. The molecule has 0 bridgehead atoms. The number of nitro benzene ring substituents is 1. The van der Waals surface area contributed by atoms with Crippen molar-refractivity contribution in [1.82, 2.24) is 0 Å². The second kappa shape index (κ2) is 2.81. The number of cyclic esters (lactones) is 1. The smallest absolute Gasteiger partial charge is 0.317 e. The van der Waals surface area contributed by atoms with Crippen molar-refractivity contribution in [3.05, 3.63) is 39.9 Å². The first-order valence-electron chi connectivity index (χ1n) is 5.07. The molecular formula is C11H9NO4. The van der Waals surface area contributed by atoms with Crippen molar-refractivity contribution >= 4 is 11.7 Å². The lowest BCUT2D eigenvalue weighted by atomic mass is 9.94. The van der Waals surface area contributed by atoms with Crippen molar-refractivity contribution < 1.29 is 14.5 Å². The molecule has 3 rings (SSSR count). The molecule has 2 unspecified atom stereocenters. The standard InChI is InChI=1S/C11H9NO4/c13-10-11(5-8(11)6-16-10)7-2-1-3-9(4-7)12(14)15/h1-4,8H,5-6H2. The predicted octanol–water partition coefficient (Wildman–Crippen LogP) is 1.41. The van der Waals surface area contributed by atoms with Gasteiger partial charge in [-0.05, 0) is 12.0 Å². The molecular weight excluding hydrogens is 210 g/mol. The summed E-state index contributed by atoms with van der Waals surface area (Å²) in [5.74, 6) is -0.0278. The number of hydrogen-bond acceptors (Lipinski definition) is 4. The van der Waals surface area contributed by atoms with E-state index >= 15 is 0 Å². The van der Waals surface area contributed by atoms with Gasteiger partial charge in [0.1, 0.15) is 0 Å². The number of benzene rings is 1. The van der Waals surface area contributed by atoms with E-state index in [4.69, 9.17) is 4.74 Å². The normalized spacial score (nSPS) is 30.8. The largest absolute Gasteiger partial charge is 0.465 e. The number of rotatable bonds is 2. The lowest BCUT2D eigenvalue weighted by molar-refractivity contribution is -0.384. The molecule has 1 aliphatic carbocycles. The molecule has 0 N–H and O–H groups in total. The number of ether oxygens (including phenoxy) is 1. The van der Waals surface area contributed by atoms with E-state index in [9.17, 15) is 14.9 Å². The minimum atomic E-state index is -0.577. The Kier molecular flexibility index (Phi) is 1.64. The van der Waals surface area contributed by atoms with Gasteiger partial charge in [0.15, 0.2) is 0 Å². The summed E-state index contributed by atoms with van der Waals surface area (Å²) in [6.07, 6.45) is 0.757. The second-order valence-electron chi connectivity index (χ2n) is 4.28. The fraction of sp³-hybridized carbons (Fsp3) is 0.364. The predicted molar refractivity (Wildman–Crippen MR) is 53.8 cm³/mol. The zero-order valence-corrected chi connectivity index (χ0v) is 8.38. The third kappa shape index (κ3) is 1.02. The van der Waals surface area contributed by atoms with Gasteiger partial charge in [-0.3, -0.25) is 14.9 Å². The monoisotopic (exact) mass is 219 g/mol. The Hall–Kier alpha value is -1.91. The molecule has 2 atom stereocenters. The van der Waals surface area contributed by atoms with Crippen molar-refractivity contribution in [2.45, 2.75) is 11.8 Å². The second-order valence-corrected chi connectivity index (χ2v) is 4.28. The number of hydrogen-bond donors (Lipinski definition) is 0. The van der Waals surface area contributed by atoms with Crippen LogP contribution in [0.2, 0.25) is 0 Å². The van der Waals surface area contributed by atoms with E-state index in [2.05, 4.69) is 0 Å². The summed E-state index contributed by atoms with van der Waals surface area (Å²) in [7, 11) is 0. The summed E-state index contributed by atoms with van der Waals surface area (Å²) >= 11 is 0. The van der Waals surface area contributed by atoms with Gasteiger partial charge in [0.2, 0.25) is 0 Å². The number of carbonyl (C=O) groups is 1. The molecule has 5 heteroatoms. The highest BCUT2D eigenvalue weighted by molar-refractivity contribution is 5.90. The van der Waals surface area contributed by atoms with Gasteiger partial charge in [0, 0.05) is 18.1 Å². The van der Waals surface area contributed by atoms with Crippen LogP contribution in [0.15, 0.2) is 24.3 Å². The SMILES string of the molecule is O=C1OCC2CC12c1cccc([N+](=O)[O-])c1. The first-order chi connectivity index (χ1) is 7.64. The summed E-state index contributed by atoms with van der Waals surface area (Å²) < 4.78 is 4.96. The minimum absolute atomic E-state index is 0.0252. The Morgan fingerprint density at radius 1 is 1.50 bits per heavy atom. The van der Waals surface area contributed by atoms with Gasteiger partial charge in [-0.15, -0.1) is 0 Å². The average molecular weight is 219 g/mol. The van der Waals surface area contributed by atoms with E-state index in [1.54, 1.807) is 12.1 Å². The summed E-state index contributed by atoms with van der Waals surface area (Å²) in [4.78, 5) is 21.8. The Morgan fingerprint density at radius 3 is 2.88 bits per heavy atom. The first kappa shape index (κ1) is 9.33. The van der Waals surface area contributed by atoms with Gasteiger partial charge in [0.25, 0.3) is 5.69 Å². The van der Waals surface area contributed by atoms with Crippen LogP contribution in [0.25, 0.3) is 0 Å². The van der Waals surface area contributed by atoms with Gasteiger partial charge in [0.05, 0.1) is 16.9 Å². The van der Waals surface area contributed by atoms with Gasteiger partial charge in [-0.2, -0.15) is 0 Å². The number of fused-ring (bicyclic) bond motifs is 1. The molecule has 1 heterocycles. The van der Waals surface area contributed by atoms with Crippen LogP contribution in [-0.2, 0) is 14.9 Å². The summed E-state index contributed by atoms with van der Waals surface area (Å²) in [6, 6.07) is 6.28. The van der Waals surface area contributed by atoms with Crippen molar-refractivity contribution in [3.8, 4) is 0 Å². The van der Waals surface area contributed by atoms with E-state index in [1.165, 1.54) is 12.1 Å². The molecule has 0 aromatic heterocycles. The van der Waals surface area contributed by atoms with Crippen molar-refractivity contribution in [2.75, 3.05) is 6.61 Å². The van der Waals surface area contributed by atoms with Crippen LogP contribution in [-0.4, -0.2) is 17.5 Å². The van der Waals surface area contributed by atoms with Crippen LogP contribution in [0.3, 0.4) is 0 Å². The molecule has 1 saturated heterocycles. The van der Waals surface area contributed by atoms with Crippen molar-refractivity contribution in [3.63, 3.8) is 0 Å². The molecule has 16 heavy (non-hydrogen) atoms. The van der Waals surface area contributed by atoms with Crippen LogP contribution in [0.1, 0.15) is 12.0 Å². The molecule has 1 aliphatic heterocycles. The van der Waals surface area contributed by atoms with Crippen LogP contribution in [0, 0.1) is 16.0 Å². The van der Waals surface area contributed by atoms with E-state index in [0.29, 0.717) is 12.2 Å². The third-order valence-electron chi connectivity index (χ3n) is 3.46. The van der Waals surface area contributed by atoms with Crippen LogP contribution < -0.4 is 0 Å². The van der Waals surface area contributed by atoms with E-state index < -0.39 is 10.3 Å². The number of carbonyl (C=O) groups excluding carboxylic acids is 1. The maximum atomic E-state index is 11.6. The van der Waals surface area contributed by atoms with Crippen LogP contribution >= 0.6 is 0 Å². The molecule has 5 nitrogen and oxygen atoms in total. The quantitative estimate of drug-likeness (QED) is 0.428. The van der Waals surface area contributed by atoms with Crippen LogP contribution in [0.5, 0.6) is 0 Å². The summed E-state index contributed by atoms with van der Waals surface area (Å²) in [6.45, 7) is 0.446. The van der Waals surface area contributed by atoms with Gasteiger partial charge < -0.3 is 4.74 Å². The Bertz CT molecular complexity index is 499. The van der Waals surface area contributed by atoms with Gasteiger partial charge in [-0.25, -0.2) is 0 Å². The van der Waals surface area contributed by atoms with Gasteiger partial charge >= 0.3 is 5.97 Å². The lowest BCUT2D eigenvalue weighted by Gasteiger charge is -2.08. The zero-order valence-electron chi connectivity index (χ0n) is 8.38. The molecule has 1 aromatic rings. The molecule has 1 aromatic carbocycles. The van der Waals surface area contributed by atoms with Crippen molar-refractivity contribution in [1.29, 1.82) is 0 Å². The highest BCUT2D eigenvalue weighted by atomic mass is 16.6. The Morgan fingerprint density at radius 2 is 2.31 bits per heavy atom. The molecule has 0 spiro atoms. The minimum Gasteiger partial charge on any atom is -0.465 e. The fourth-order valence-corrected chi connectivity index (χ4v) is 2.45. The zero-order chi connectivity index (χ0) is 11.3. The highest BCUT2D eigenvalue weighted by Gasteiger charge is 2.67. The van der Waals surface area contributed by atoms with E-state index in [0.717, 1.165) is 6.42 Å². The molecule has 0 amide bonds. The fourth-order valence-electron chi connectivity index (χ4n) is 2.45. The molecule has 2 aliphatic rings. The number of nitrogens with zero attached hydrogens (tertiary/aromatic N) is 1. The summed E-state index contributed by atoms with van der Waals surface area (Å²) in [5, 5.41) is 10.7. The Labute approximate surface area is 91.2 Å². The molecule has 82 valence electrons. The number of non-ortho nitro benzene ring substituents is 1. The third-order valence-corrected chi connectivity index (χ3v) is 3.46. The first-order valence-corrected chi connectivity index (χ1v) is 5.07. The average Bonchev–Trinajstić information content (AvgIpc) is 2.94. The lowest BCUT2D eigenvalue weighted by Crippen LogP contribution is -2.18.